The topological polar surface area (TPSA) is 50.4 Å². The van der Waals surface area contributed by atoms with Crippen molar-refractivity contribution < 1.29 is 31.5 Å². The Morgan fingerprint density at radius 3 is 2.44 bits per heavy atom. The molecule has 25 heavy (non-hydrogen) atoms. The normalized spacial score (nSPS) is 11.1. The molecule has 0 bridgehead atoms. The lowest BCUT2D eigenvalue weighted by Crippen LogP contribution is -2.23. The molecule has 0 atom stereocenters. The summed E-state index contributed by atoms with van der Waals surface area (Å²) in [5.74, 6) is -2.30. The van der Waals surface area contributed by atoms with Crippen LogP contribution in [-0.4, -0.2) is 25.2 Å². The van der Waals surface area contributed by atoms with Gasteiger partial charge in [0.15, 0.2) is 6.61 Å². The van der Waals surface area contributed by atoms with Crippen molar-refractivity contribution in [3.63, 3.8) is 0 Å². The minimum Gasteiger partial charge on any atom is -0.482 e. The summed E-state index contributed by atoms with van der Waals surface area (Å²) in [4.78, 5) is 11.8. The van der Waals surface area contributed by atoms with Gasteiger partial charge < -0.3 is 15.4 Å². The van der Waals surface area contributed by atoms with Crippen molar-refractivity contribution >= 4 is 17.3 Å². The fourth-order valence-electron chi connectivity index (χ4n) is 1.86. The smallest absolute Gasteiger partial charge is 0.422 e. The number of carbonyl (C=O) groups excluding carboxylic acids is 1. The Bertz CT molecular complexity index is 750. The Morgan fingerprint density at radius 1 is 1.04 bits per heavy atom. The predicted molar refractivity (Wildman–Crippen MR) is 81.5 cm³/mol. The van der Waals surface area contributed by atoms with Crippen LogP contribution >= 0.6 is 0 Å². The monoisotopic (exact) mass is 360 g/mol. The van der Waals surface area contributed by atoms with E-state index in [1.54, 1.807) is 0 Å². The van der Waals surface area contributed by atoms with Crippen LogP contribution in [-0.2, 0) is 4.79 Å². The Hall–Kier alpha value is -2.84. The number of alkyl halides is 3. The molecule has 0 aliphatic rings. The zero-order chi connectivity index (χ0) is 18.4. The zero-order valence-electron chi connectivity index (χ0n) is 12.7. The molecule has 2 rings (SSSR count). The molecule has 0 saturated carbocycles. The van der Waals surface area contributed by atoms with Crippen LogP contribution in [0.25, 0.3) is 0 Å². The Balaban J connectivity index is 2.00. The van der Waals surface area contributed by atoms with Crippen LogP contribution in [0.2, 0.25) is 0 Å². The van der Waals surface area contributed by atoms with Crippen molar-refractivity contribution in [2.45, 2.75) is 6.18 Å². The summed E-state index contributed by atoms with van der Waals surface area (Å²) in [7, 11) is 0. The van der Waals surface area contributed by atoms with Gasteiger partial charge in [-0.1, -0.05) is 12.1 Å². The van der Waals surface area contributed by atoms with E-state index in [1.807, 2.05) is 0 Å². The number of benzene rings is 2. The summed E-state index contributed by atoms with van der Waals surface area (Å²) < 4.78 is 68.0. The molecule has 4 nitrogen and oxygen atoms in total. The van der Waals surface area contributed by atoms with E-state index in [-0.39, 0.29) is 17.1 Å². The van der Waals surface area contributed by atoms with Crippen LogP contribution < -0.4 is 15.4 Å². The largest absolute Gasteiger partial charge is 0.482 e. The summed E-state index contributed by atoms with van der Waals surface area (Å²) in [6.07, 6.45) is -4.56. The lowest BCUT2D eigenvalue weighted by molar-refractivity contribution is -0.153. The van der Waals surface area contributed by atoms with Crippen molar-refractivity contribution in [3.8, 4) is 5.75 Å². The van der Waals surface area contributed by atoms with Gasteiger partial charge in [0, 0.05) is 6.07 Å². The standard InChI is InChI=1S/C16H13F5N2O2/c17-10-5-6-14(25-9-16(19,20)21)13(7-10)22-8-15(24)23-12-4-2-1-3-11(12)18/h1-7,22H,8-9H2,(H,23,24). The molecule has 0 heterocycles. The van der Waals surface area contributed by atoms with Gasteiger partial charge in [-0.05, 0) is 24.3 Å². The Morgan fingerprint density at radius 2 is 1.76 bits per heavy atom. The maximum absolute atomic E-state index is 13.4. The third-order valence-electron chi connectivity index (χ3n) is 2.92. The predicted octanol–water partition coefficient (Wildman–Crippen LogP) is 3.96. The third-order valence-corrected chi connectivity index (χ3v) is 2.92. The molecule has 2 aromatic carbocycles. The molecule has 0 radical (unpaired) electrons. The second kappa shape index (κ2) is 7.82. The molecular formula is C16H13F5N2O2. The third kappa shape index (κ3) is 5.94. The number of anilines is 2. The molecule has 1 amide bonds. The number of amides is 1. The van der Waals surface area contributed by atoms with Gasteiger partial charge in [-0.2, -0.15) is 13.2 Å². The highest BCUT2D eigenvalue weighted by Crippen LogP contribution is 2.27. The molecule has 0 saturated heterocycles. The number of ether oxygens (including phenoxy) is 1. The van der Waals surface area contributed by atoms with Gasteiger partial charge in [-0.15, -0.1) is 0 Å². The SMILES string of the molecule is O=C(CNc1cc(F)ccc1OCC(F)(F)F)Nc1ccccc1F. The van der Waals surface area contributed by atoms with Crippen LogP contribution in [0.3, 0.4) is 0 Å². The summed E-state index contributed by atoms with van der Waals surface area (Å²) in [6.45, 7) is -1.99. The van der Waals surface area contributed by atoms with Crippen molar-refractivity contribution in [1.29, 1.82) is 0 Å². The van der Waals surface area contributed by atoms with Gasteiger partial charge >= 0.3 is 6.18 Å². The highest BCUT2D eigenvalue weighted by Gasteiger charge is 2.29. The molecule has 0 aliphatic heterocycles. The van der Waals surface area contributed by atoms with E-state index < -0.39 is 36.9 Å². The second-order valence-corrected chi connectivity index (χ2v) is 4.93. The van der Waals surface area contributed by atoms with Crippen molar-refractivity contribution in [2.75, 3.05) is 23.8 Å². The maximum Gasteiger partial charge on any atom is 0.422 e. The van der Waals surface area contributed by atoms with Crippen molar-refractivity contribution in [1.82, 2.24) is 0 Å². The number of rotatable bonds is 6. The van der Waals surface area contributed by atoms with E-state index in [2.05, 4.69) is 15.4 Å². The van der Waals surface area contributed by atoms with Crippen molar-refractivity contribution in [2.24, 2.45) is 0 Å². The summed E-state index contributed by atoms with van der Waals surface area (Å²) in [5, 5.41) is 4.74. The molecule has 2 aromatic rings. The van der Waals surface area contributed by atoms with E-state index in [1.165, 1.54) is 18.2 Å². The number of hydrogen-bond donors (Lipinski definition) is 2. The number of halogens is 5. The number of hydrogen-bond acceptors (Lipinski definition) is 3. The van der Waals surface area contributed by atoms with Crippen LogP contribution in [0.15, 0.2) is 42.5 Å². The van der Waals surface area contributed by atoms with Crippen LogP contribution in [0.4, 0.5) is 33.3 Å². The van der Waals surface area contributed by atoms with E-state index in [0.29, 0.717) is 0 Å². The molecule has 0 aliphatic carbocycles. The van der Waals surface area contributed by atoms with Crippen LogP contribution in [0.5, 0.6) is 5.75 Å². The molecule has 0 fully saturated rings. The molecule has 134 valence electrons. The van der Waals surface area contributed by atoms with E-state index >= 15 is 0 Å². The van der Waals surface area contributed by atoms with Crippen LogP contribution in [0.1, 0.15) is 0 Å². The van der Waals surface area contributed by atoms with Gasteiger partial charge in [0.25, 0.3) is 0 Å². The molecular weight excluding hydrogens is 347 g/mol. The molecule has 2 N–H and O–H groups in total. The first-order valence-corrected chi connectivity index (χ1v) is 7.02. The second-order valence-electron chi connectivity index (χ2n) is 4.93. The minimum atomic E-state index is -4.56. The lowest BCUT2D eigenvalue weighted by Gasteiger charge is -2.14. The summed E-state index contributed by atoms with van der Waals surface area (Å²) >= 11 is 0. The van der Waals surface area contributed by atoms with Gasteiger partial charge in [-0.25, -0.2) is 8.78 Å². The highest BCUT2D eigenvalue weighted by molar-refractivity contribution is 5.94. The minimum absolute atomic E-state index is 0.0536. The van der Waals surface area contributed by atoms with E-state index in [4.69, 9.17) is 0 Å². The Labute approximate surface area is 139 Å². The first kappa shape index (κ1) is 18.5. The van der Waals surface area contributed by atoms with Gasteiger partial charge in [0.05, 0.1) is 17.9 Å². The Kier molecular flexibility index (Phi) is 5.79. The number of nitrogens with one attached hydrogen (secondary N) is 2. The fraction of sp³-hybridized carbons (Fsp3) is 0.188. The maximum atomic E-state index is 13.4. The van der Waals surface area contributed by atoms with E-state index in [0.717, 1.165) is 24.3 Å². The average Bonchev–Trinajstić information content (AvgIpc) is 2.53. The number of carbonyl (C=O) groups is 1. The first-order valence-electron chi connectivity index (χ1n) is 7.02. The van der Waals surface area contributed by atoms with Gasteiger partial charge in [0.1, 0.15) is 17.4 Å². The molecule has 0 spiro atoms. The molecule has 9 heteroatoms. The zero-order valence-corrected chi connectivity index (χ0v) is 12.7. The molecule has 0 unspecified atom stereocenters. The highest BCUT2D eigenvalue weighted by atomic mass is 19.4. The fourth-order valence-corrected chi connectivity index (χ4v) is 1.86. The number of para-hydroxylation sites is 1. The van der Waals surface area contributed by atoms with Gasteiger partial charge in [0.2, 0.25) is 5.91 Å². The van der Waals surface area contributed by atoms with Gasteiger partial charge in [-0.3, -0.25) is 4.79 Å². The van der Waals surface area contributed by atoms with E-state index in [9.17, 15) is 26.7 Å². The summed E-state index contributed by atoms with van der Waals surface area (Å²) in [6, 6.07) is 8.28. The average molecular weight is 360 g/mol. The summed E-state index contributed by atoms with van der Waals surface area (Å²) in [5.41, 5.74) is -0.185. The van der Waals surface area contributed by atoms with Crippen molar-refractivity contribution in [3.05, 3.63) is 54.1 Å². The lowest BCUT2D eigenvalue weighted by atomic mass is 10.2. The molecule has 0 aromatic heterocycles. The first-order chi connectivity index (χ1) is 11.7. The van der Waals surface area contributed by atoms with Crippen LogP contribution in [0, 0.1) is 11.6 Å². The quantitative estimate of drug-likeness (QED) is 0.767.